The Hall–Kier alpha value is -3.61. The van der Waals surface area contributed by atoms with E-state index in [1.54, 1.807) is 14.2 Å². The number of amides is 1. The van der Waals surface area contributed by atoms with E-state index in [1.807, 2.05) is 65.6 Å². The maximum Gasteiger partial charge on any atom is 0.227 e. The second-order valence-corrected chi connectivity index (χ2v) is 7.33. The van der Waals surface area contributed by atoms with Gasteiger partial charge in [-0.05, 0) is 30.3 Å². The molecule has 1 aliphatic rings. The Kier molecular flexibility index (Phi) is 6.31. The number of anilines is 1. The summed E-state index contributed by atoms with van der Waals surface area (Å²) in [5, 5.41) is 8.81. The smallest absolute Gasteiger partial charge is 0.227 e. The Morgan fingerprint density at radius 1 is 0.839 bits per heavy atom. The molecular formula is C24H26N4O3. The fourth-order valence-electron chi connectivity index (χ4n) is 3.80. The number of rotatable bonds is 6. The van der Waals surface area contributed by atoms with Gasteiger partial charge in [-0.15, -0.1) is 10.2 Å². The second-order valence-electron chi connectivity index (χ2n) is 7.33. The lowest BCUT2D eigenvalue weighted by molar-refractivity contribution is -0.130. The van der Waals surface area contributed by atoms with Crippen LogP contribution >= 0.6 is 0 Å². The van der Waals surface area contributed by atoms with Crippen molar-refractivity contribution in [1.29, 1.82) is 0 Å². The van der Waals surface area contributed by atoms with Crippen LogP contribution in [0.3, 0.4) is 0 Å². The minimum Gasteiger partial charge on any atom is -0.496 e. The lowest BCUT2D eigenvalue weighted by atomic mass is 10.1. The summed E-state index contributed by atoms with van der Waals surface area (Å²) in [6.07, 6.45) is 0.345. The van der Waals surface area contributed by atoms with Crippen LogP contribution in [-0.2, 0) is 11.2 Å². The summed E-state index contributed by atoms with van der Waals surface area (Å²) in [7, 11) is 3.28. The van der Waals surface area contributed by atoms with Crippen molar-refractivity contribution >= 4 is 11.7 Å². The molecule has 0 spiro atoms. The van der Waals surface area contributed by atoms with Crippen molar-refractivity contribution < 1.29 is 14.3 Å². The van der Waals surface area contributed by atoms with Crippen LogP contribution in [0, 0.1) is 0 Å². The Balaban J connectivity index is 1.37. The molecule has 1 aromatic heterocycles. The van der Waals surface area contributed by atoms with E-state index >= 15 is 0 Å². The quantitative estimate of drug-likeness (QED) is 0.613. The van der Waals surface area contributed by atoms with Crippen LogP contribution in [0.15, 0.2) is 60.7 Å². The normalized spacial score (nSPS) is 13.7. The zero-order chi connectivity index (χ0) is 21.6. The second kappa shape index (κ2) is 9.47. The highest BCUT2D eigenvalue weighted by Gasteiger charge is 2.23. The number of carbonyl (C=O) groups excluding carboxylic acids is 1. The lowest BCUT2D eigenvalue weighted by Crippen LogP contribution is -2.49. The fraction of sp³-hybridized carbons (Fsp3) is 0.292. The molecule has 7 heteroatoms. The van der Waals surface area contributed by atoms with Crippen molar-refractivity contribution in [2.24, 2.45) is 0 Å². The molecule has 0 bridgehead atoms. The van der Waals surface area contributed by atoms with Crippen LogP contribution in [-0.4, -0.2) is 61.4 Å². The zero-order valence-electron chi connectivity index (χ0n) is 17.8. The number of hydrogen-bond donors (Lipinski definition) is 0. The topological polar surface area (TPSA) is 67.8 Å². The highest BCUT2D eigenvalue weighted by molar-refractivity contribution is 5.80. The molecule has 1 aliphatic heterocycles. The first-order valence-corrected chi connectivity index (χ1v) is 10.3. The molecule has 0 N–H and O–H groups in total. The predicted molar refractivity (Wildman–Crippen MR) is 120 cm³/mol. The van der Waals surface area contributed by atoms with Crippen molar-refractivity contribution in [2.75, 3.05) is 45.3 Å². The summed E-state index contributed by atoms with van der Waals surface area (Å²) >= 11 is 0. The van der Waals surface area contributed by atoms with Crippen LogP contribution < -0.4 is 14.4 Å². The van der Waals surface area contributed by atoms with Gasteiger partial charge >= 0.3 is 0 Å². The molecule has 3 aromatic rings. The summed E-state index contributed by atoms with van der Waals surface area (Å²) in [4.78, 5) is 16.8. The third kappa shape index (κ3) is 4.60. The van der Waals surface area contributed by atoms with E-state index in [0.29, 0.717) is 19.5 Å². The van der Waals surface area contributed by atoms with Crippen LogP contribution in [0.4, 0.5) is 5.82 Å². The molecule has 31 heavy (non-hydrogen) atoms. The molecule has 1 saturated heterocycles. The van der Waals surface area contributed by atoms with E-state index in [2.05, 4.69) is 15.1 Å². The largest absolute Gasteiger partial charge is 0.496 e. The predicted octanol–water partition coefficient (Wildman–Crippen LogP) is 3.05. The Bertz CT molecular complexity index is 1030. The fourth-order valence-corrected chi connectivity index (χ4v) is 3.80. The average Bonchev–Trinajstić information content (AvgIpc) is 2.84. The monoisotopic (exact) mass is 418 g/mol. The van der Waals surface area contributed by atoms with Gasteiger partial charge in [-0.1, -0.05) is 30.3 Å². The van der Waals surface area contributed by atoms with Crippen LogP contribution in [0.1, 0.15) is 5.56 Å². The molecule has 4 rings (SSSR count). The van der Waals surface area contributed by atoms with Crippen LogP contribution in [0.2, 0.25) is 0 Å². The van der Waals surface area contributed by atoms with Gasteiger partial charge in [0.2, 0.25) is 5.91 Å². The van der Waals surface area contributed by atoms with Crippen molar-refractivity contribution in [3.05, 3.63) is 66.2 Å². The molecule has 2 heterocycles. The lowest BCUT2D eigenvalue weighted by Gasteiger charge is -2.35. The van der Waals surface area contributed by atoms with E-state index in [4.69, 9.17) is 9.47 Å². The molecule has 0 unspecified atom stereocenters. The number of benzene rings is 2. The number of methoxy groups -OCH3 is 2. The first kappa shape index (κ1) is 20.7. The van der Waals surface area contributed by atoms with Crippen LogP contribution in [0.25, 0.3) is 11.3 Å². The van der Waals surface area contributed by atoms with Gasteiger partial charge < -0.3 is 19.3 Å². The minimum atomic E-state index is 0.113. The summed E-state index contributed by atoms with van der Waals surface area (Å²) in [5.74, 6) is 2.45. The van der Waals surface area contributed by atoms with E-state index in [0.717, 1.165) is 47.2 Å². The highest BCUT2D eigenvalue weighted by Crippen LogP contribution is 2.28. The van der Waals surface area contributed by atoms with Gasteiger partial charge in [-0.2, -0.15) is 0 Å². The molecule has 1 fully saturated rings. The Morgan fingerprint density at radius 2 is 1.52 bits per heavy atom. The first-order chi connectivity index (χ1) is 15.2. The number of nitrogens with zero attached hydrogens (tertiary/aromatic N) is 4. The zero-order valence-corrected chi connectivity index (χ0v) is 17.8. The standard InChI is InChI=1S/C24H26N4O3/c1-30-21-9-5-3-7-18(21)17-24(29)28-15-13-27(14-16-28)23-12-11-20(25-26-23)19-8-4-6-10-22(19)31-2/h3-12H,13-17H2,1-2H3. The molecule has 0 atom stereocenters. The van der Waals surface area contributed by atoms with E-state index in [9.17, 15) is 4.79 Å². The summed E-state index contributed by atoms with van der Waals surface area (Å²) in [5.41, 5.74) is 2.60. The Labute approximate surface area is 182 Å². The molecule has 0 aliphatic carbocycles. The van der Waals surface area contributed by atoms with Crippen molar-refractivity contribution in [3.63, 3.8) is 0 Å². The average molecular weight is 418 g/mol. The van der Waals surface area contributed by atoms with Gasteiger partial charge in [-0.3, -0.25) is 4.79 Å². The molecule has 2 aromatic carbocycles. The van der Waals surface area contributed by atoms with Gasteiger partial charge in [-0.25, -0.2) is 0 Å². The van der Waals surface area contributed by atoms with E-state index in [1.165, 1.54) is 0 Å². The van der Waals surface area contributed by atoms with Crippen molar-refractivity contribution in [3.8, 4) is 22.8 Å². The number of aromatic nitrogens is 2. The summed E-state index contributed by atoms with van der Waals surface area (Å²) < 4.78 is 10.8. The SMILES string of the molecule is COc1ccccc1CC(=O)N1CCN(c2ccc(-c3ccccc3OC)nn2)CC1. The van der Waals surface area contributed by atoms with Crippen molar-refractivity contribution in [1.82, 2.24) is 15.1 Å². The third-order valence-electron chi connectivity index (χ3n) is 5.52. The van der Waals surface area contributed by atoms with E-state index < -0.39 is 0 Å². The van der Waals surface area contributed by atoms with Gasteiger partial charge in [0.25, 0.3) is 0 Å². The molecule has 160 valence electrons. The molecule has 0 radical (unpaired) electrons. The van der Waals surface area contributed by atoms with Gasteiger partial charge in [0, 0.05) is 37.3 Å². The highest BCUT2D eigenvalue weighted by atomic mass is 16.5. The van der Waals surface area contributed by atoms with Gasteiger partial charge in [0.15, 0.2) is 5.82 Å². The molecule has 1 amide bonds. The number of ether oxygens (including phenoxy) is 2. The molecule has 7 nitrogen and oxygen atoms in total. The summed E-state index contributed by atoms with van der Waals surface area (Å²) in [6.45, 7) is 2.76. The van der Waals surface area contributed by atoms with Gasteiger partial charge in [0.05, 0.1) is 26.3 Å². The molecular weight excluding hydrogens is 392 g/mol. The minimum absolute atomic E-state index is 0.113. The van der Waals surface area contributed by atoms with Crippen molar-refractivity contribution in [2.45, 2.75) is 6.42 Å². The third-order valence-corrected chi connectivity index (χ3v) is 5.52. The maximum atomic E-state index is 12.8. The van der Waals surface area contributed by atoms with E-state index in [-0.39, 0.29) is 5.91 Å². The number of para-hydroxylation sites is 2. The Morgan fingerprint density at radius 3 is 2.19 bits per heavy atom. The summed E-state index contributed by atoms with van der Waals surface area (Å²) in [6, 6.07) is 19.3. The first-order valence-electron chi connectivity index (χ1n) is 10.3. The van der Waals surface area contributed by atoms with Gasteiger partial charge in [0.1, 0.15) is 11.5 Å². The number of hydrogen-bond acceptors (Lipinski definition) is 6. The maximum absolute atomic E-state index is 12.8. The number of piperazine rings is 1. The number of carbonyl (C=O) groups is 1. The molecule has 0 saturated carbocycles. The van der Waals surface area contributed by atoms with Crippen LogP contribution in [0.5, 0.6) is 11.5 Å².